The number of nitrogens with one attached hydrogen (secondary N) is 2. The molecule has 0 fully saturated rings. The number of thioether (sulfide) groups is 1. The summed E-state index contributed by atoms with van der Waals surface area (Å²) < 4.78 is 37.2. The number of quaternary nitrogens is 1. The maximum absolute atomic E-state index is 15.3. The number of nitrogens with zero attached hydrogens (tertiary/aromatic N) is 3. The van der Waals surface area contributed by atoms with Gasteiger partial charge in [0.05, 0.1) is 58.3 Å². The van der Waals surface area contributed by atoms with Gasteiger partial charge >= 0.3 is 6.03 Å². The SMILES string of the molecule is COc1cc(C(C)(C)c2cnc(SCc3c(F)cc(NC(=O)NCC[N+](C)(C)C)cc3Cl)n2-c2ccc(F)cc2)ccc1Cl. The number of carbonyl (C=O) groups excluding carboxylic acids is 1. The van der Waals surface area contributed by atoms with Crippen LogP contribution in [0.15, 0.2) is 66.0 Å². The molecular weight excluding hydrogens is 627 g/mol. The molecule has 4 rings (SSSR count). The number of hydrogen-bond donors (Lipinski definition) is 2. The Morgan fingerprint density at radius 1 is 1.05 bits per heavy atom. The van der Waals surface area contributed by atoms with Gasteiger partial charge in [-0.15, -0.1) is 0 Å². The molecule has 0 saturated heterocycles. The van der Waals surface area contributed by atoms with Crippen molar-refractivity contribution in [1.82, 2.24) is 14.9 Å². The number of halogens is 4. The van der Waals surface area contributed by atoms with Crippen LogP contribution < -0.4 is 15.4 Å². The zero-order valence-corrected chi connectivity index (χ0v) is 27.8. The van der Waals surface area contributed by atoms with Gasteiger partial charge in [-0.1, -0.05) is 54.9 Å². The molecule has 0 spiro atoms. The van der Waals surface area contributed by atoms with Gasteiger partial charge in [-0.05, 0) is 54.1 Å². The van der Waals surface area contributed by atoms with Gasteiger partial charge in [-0.2, -0.15) is 0 Å². The van der Waals surface area contributed by atoms with Crippen LogP contribution in [0.4, 0.5) is 19.3 Å². The molecule has 2 amide bonds. The molecule has 0 aliphatic carbocycles. The van der Waals surface area contributed by atoms with Gasteiger partial charge in [0.15, 0.2) is 5.16 Å². The molecule has 1 aromatic heterocycles. The lowest BCUT2D eigenvalue weighted by Gasteiger charge is -2.28. The average Bonchev–Trinajstić information content (AvgIpc) is 3.37. The zero-order chi connectivity index (χ0) is 32.2. The van der Waals surface area contributed by atoms with Crippen LogP contribution in [-0.4, -0.2) is 61.4 Å². The normalized spacial score (nSPS) is 11.9. The smallest absolute Gasteiger partial charge is 0.319 e. The van der Waals surface area contributed by atoms with E-state index in [0.29, 0.717) is 32.6 Å². The van der Waals surface area contributed by atoms with Crippen molar-refractivity contribution in [2.24, 2.45) is 0 Å². The lowest BCUT2D eigenvalue weighted by atomic mass is 9.81. The highest BCUT2D eigenvalue weighted by atomic mass is 35.5. The number of aromatic nitrogens is 2. The first kappa shape index (κ1) is 33.6. The maximum Gasteiger partial charge on any atom is 0.319 e. The molecule has 2 N–H and O–H groups in total. The quantitative estimate of drug-likeness (QED) is 0.127. The van der Waals surface area contributed by atoms with Gasteiger partial charge in [-0.3, -0.25) is 4.57 Å². The summed E-state index contributed by atoms with van der Waals surface area (Å²) in [5, 5.41) is 6.64. The summed E-state index contributed by atoms with van der Waals surface area (Å²) in [6, 6.07) is 14.0. The Bertz CT molecular complexity index is 1620. The molecule has 1 heterocycles. The van der Waals surface area contributed by atoms with E-state index in [0.717, 1.165) is 17.8 Å². The van der Waals surface area contributed by atoms with E-state index in [2.05, 4.69) is 15.6 Å². The molecule has 0 aliphatic rings. The number of imidazole rings is 1. The van der Waals surface area contributed by atoms with Crippen LogP contribution in [0.3, 0.4) is 0 Å². The first-order valence-corrected chi connectivity index (χ1v) is 15.6. The second-order valence-corrected chi connectivity index (χ2v) is 13.6. The summed E-state index contributed by atoms with van der Waals surface area (Å²) in [5.41, 5.74) is 2.37. The number of hydrogen-bond acceptors (Lipinski definition) is 4. The third-order valence-corrected chi connectivity index (χ3v) is 8.77. The summed E-state index contributed by atoms with van der Waals surface area (Å²) in [7, 11) is 7.63. The summed E-state index contributed by atoms with van der Waals surface area (Å²) >= 11 is 14.1. The van der Waals surface area contributed by atoms with Crippen LogP contribution in [0.1, 0.15) is 30.7 Å². The lowest BCUT2D eigenvalue weighted by Crippen LogP contribution is -2.42. The first-order valence-electron chi connectivity index (χ1n) is 13.8. The Labute approximate surface area is 271 Å². The van der Waals surface area contributed by atoms with E-state index in [1.165, 1.54) is 36.0 Å². The Morgan fingerprint density at radius 2 is 1.75 bits per heavy atom. The number of amides is 2. The standard InChI is InChI=1S/C32H35Cl2F2N5O2S/c1-32(2,20-7-12-25(33)28(15-20)43-6)29-18-38-31(40(29)23-10-8-21(35)9-11-23)44-19-24-26(34)16-22(17-27(24)36)39-30(42)37-13-14-41(3,4)5/h7-12,15-18H,13-14,19H2,1-6H3,(H-,37,39,42)/p+1. The van der Waals surface area contributed by atoms with E-state index in [-0.39, 0.29) is 27.8 Å². The third-order valence-electron chi connectivity index (χ3n) is 7.14. The molecule has 0 radical (unpaired) electrons. The second-order valence-electron chi connectivity index (χ2n) is 11.8. The molecule has 3 aromatic carbocycles. The average molecular weight is 664 g/mol. The van der Waals surface area contributed by atoms with E-state index < -0.39 is 17.3 Å². The number of methoxy groups -OCH3 is 1. The Morgan fingerprint density at radius 3 is 2.39 bits per heavy atom. The molecule has 4 aromatic rings. The van der Waals surface area contributed by atoms with Gasteiger partial charge in [0.1, 0.15) is 17.4 Å². The number of carbonyl (C=O) groups is 1. The number of urea groups is 1. The largest absolute Gasteiger partial charge is 0.495 e. The van der Waals surface area contributed by atoms with Crippen molar-refractivity contribution >= 4 is 46.7 Å². The monoisotopic (exact) mass is 662 g/mol. The molecule has 0 atom stereocenters. The minimum Gasteiger partial charge on any atom is -0.495 e. The molecule has 234 valence electrons. The second kappa shape index (κ2) is 13.8. The topological polar surface area (TPSA) is 68.2 Å². The molecular formula is C32H36Cl2F2N5O2S+. The zero-order valence-electron chi connectivity index (χ0n) is 25.5. The number of anilines is 1. The molecule has 0 bridgehead atoms. The predicted molar refractivity (Wildman–Crippen MR) is 175 cm³/mol. The van der Waals surface area contributed by atoms with Crippen molar-refractivity contribution < 1.29 is 22.8 Å². The highest BCUT2D eigenvalue weighted by molar-refractivity contribution is 7.98. The molecule has 0 saturated carbocycles. The van der Waals surface area contributed by atoms with E-state index in [1.807, 2.05) is 51.7 Å². The fraction of sp³-hybridized carbons (Fsp3) is 0.312. The van der Waals surface area contributed by atoms with E-state index in [4.69, 9.17) is 27.9 Å². The van der Waals surface area contributed by atoms with Crippen LogP contribution in [0, 0.1) is 11.6 Å². The van der Waals surface area contributed by atoms with E-state index >= 15 is 4.39 Å². The van der Waals surface area contributed by atoms with Gasteiger partial charge in [-0.25, -0.2) is 18.6 Å². The van der Waals surface area contributed by atoms with Crippen molar-refractivity contribution in [3.63, 3.8) is 0 Å². The first-order chi connectivity index (χ1) is 20.7. The fourth-order valence-electron chi connectivity index (χ4n) is 4.54. The summed E-state index contributed by atoms with van der Waals surface area (Å²) in [5.74, 6) is -0.214. The number of benzene rings is 3. The molecule has 12 heteroatoms. The van der Waals surface area contributed by atoms with Crippen LogP contribution in [0.5, 0.6) is 5.75 Å². The van der Waals surface area contributed by atoms with Crippen LogP contribution in [-0.2, 0) is 11.2 Å². The highest BCUT2D eigenvalue weighted by Gasteiger charge is 2.30. The van der Waals surface area contributed by atoms with Gasteiger partial charge in [0.2, 0.25) is 0 Å². The van der Waals surface area contributed by atoms with Crippen LogP contribution >= 0.6 is 35.0 Å². The summed E-state index contributed by atoms with van der Waals surface area (Å²) in [6.45, 7) is 5.29. The Kier molecular flexibility index (Phi) is 10.5. The number of ether oxygens (including phenoxy) is 1. The van der Waals surface area contributed by atoms with E-state index in [9.17, 15) is 9.18 Å². The number of likely N-dealkylation sites (N-methyl/N-ethyl adjacent to an activating group) is 1. The summed E-state index contributed by atoms with van der Waals surface area (Å²) in [4.78, 5) is 17.0. The Hall–Kier alpha value is -3.31. The fourth-order valence-corrected chi connectivity index (χ4v) is 6.12. The lowest BCUT2D eigenvalue weighted by molar-refractivity contribution is -0.869. The van der Waals surface area contributed by atoms with Crippen molar-refractivity contribution in [3.8, 4) is 11.4 Å². The maximum atomic E-state index is 15.3. The van der Waals surface area contributed by atoms with Crippen molar-refractivity contribution in [3.05, 3.63) is 99.3 Å². The molecule has 0 aliphatic heterocycles. The van der Waals surface area contributed by atoms with Gasteiger partial charge in [0.25, 0.3) is 0 Å². The minimum atomic E-state index is -0.583. The third kappa shape index (κ3) is 8.04. The van der Waals surface area contributed by atoms with Gasteiger partial charge in [0, 0.05) is 33.1 Å². The number of rotatable bonds is 11. The van der Waals surface area contributed by atoms with Crippen molar-refractivity contribution in [1.29, 1.82) is 0 Å². The minimum absolute atomic E-state index is 0.160. The molecule has 44 heavy (non-hydrogen) atoms. The van der Waals surface area contributed by atoms with Crippen molar-refractivity contribution in [2.45, 2.75) is 30.2 Å². The molecule has 7 nitrogen and oxygen atoms in total. The van der Waals surface area contributed by atoms with Crippen LogP contribution in [0.2, 0.25) is 10.0 Å². The Balaban J connectivity index is 1.60. The van der Waals surface area contributed by atoms with E-state index in [1.54, 1.807) is 31.5 Å². The van der Waals surface area contributed by atoms with Gasteiger partial charge < -0.3 is 19.9 Å². The summed E-state index contributed by atoms with van der Waals surface area (Å²) in [6.07, 6.45) is 1.76. The van der Waals surface area contributed by atoms with Crippen LogP contribution in [0.25, 0.3) is 5.69 Å². The predicted octanol–water partition coefficient (Wildman–Crippen LogP) is 7.91. The highest BCUT2D eigenvalue weighted by Crippen LogP contribution is 2.40. The molecule has 0 unspecified atom stereocenters. The van der Waals surface area contributed by atoms with Crippen molar-refractivity contribution in [2.75, 3.05) is 46.7 Å².